The Kier molecular flexibility index (Phi) is 4.78. The van der Waals surface area contributed by atoms with Gasteiger partial charge in [-0.2, -0.15) is 9.61 Å². The van der Waals surface area contributed by atoms with Crippen LogP contribution < -0.4 is 21.7 Å². The van der Waals surface area contributed by atoms with Gasteiger partial charge in [0, 0.05) is 11.3 Å². The van der Waals surface area contributed by atoms with Crippen molar-refractivity contribution in [2.75, 3.05) is 5.32 Å². The van der Waals surface area contributed by atoms with E-state index in [0.29, 0.717) is 27.7 Å². The molecule has 3 heterocycles. The van der Waals surface area contributed by atoms with Crippen LogP contribution in [0.25, 0.3) is 11.7 Å². The molecule has 1 aliphatic carbocycles. The Bertz CT molecular complexity index is 1540. The normalized spacial score (nSPS) is 15.5. The third-order valence-electron chi connectivity index (χ3n) is 5.32. The van der Waals surface area contributed by atoms with Crippen LogP contribution >= 0.6 is 0 Å². The van der Waals surface area contributed by atoms with E-state index in [9.17, 15) is 19.4 Å². The van der Waals surface area contributed by atoms with E-state index < -0.39 is 17.1 Å². The number of anilines is 2. The molecule has 33 heavy (non-hydrogen) atoms. The maximum atomic E-state index is 14.7. The van der Waals surface area contributed by atoms with Gasteiger partial charge in [-0.05, 0) is 50.5 Å². The van der Waals surface area contributed by atoms with Crippen molar-refractivity contribution in [3.63, 3.8) is 0 Å². The number of hydrogen-bond donors (Lipinski definition) is 5. The number of H-pyrrole nitrogens is 2. The standard InChI is InChI=1S/C22H22FN7O3/c1-22(2,33)12-3-6-15(14(23)8-12)26-17-9-18(25-13-4-5-13)30-19(28-17)11(10-24-30)7-16-20(31)29-21(32)27-16/h3,6-10,13,26,31,33H,4-5H2,1-2H3,(H2,27,29,32). The second-order valence-corrected chi connectivity index (χ2v) is 8.56. The second-order valence-electron chi connectivity index (χ2n) is 8.56. The Morgan fingerprint density at radius 1 is 1.30 bits per heavy atom. The predicted octanol–water partition coefficient (Wildman–Crippen LogP) is 1.17. The van der Waals surface area contributed by atoms with Crippen LogP contribution in [0.5, 0.6) is 5.88 Å². The van der Waals surface area contributed by atoms with Crippen molar-refractivity contribution in [3.05, 3.63) is 68.7 Å². The maximum absolute atomic E-state index is 14.7. The van der Waals surface area contributed by atoms with E-state index in [1.54, 1.807) is 36.7 Å². The molecule has 0 radical (unpaired) electrons. The molecule has 5 rings (SSSR count). The number of nitrogens with one attached hydrogen (secondary N) is 3. The number of aromatic nitrogens is 5. The summed E-state index contributed by atoms with van der Waals surface area (Å²) in [6.45, 7) is 3.17. The summed E-state index contributed by atoms with van der Waals surface area (Å²) in [5, 5.41) is 27.9. The first-order valence-corrected chi connectivity index (χ1v) is 10.4. The Labute approximate surface area is 186 Å². The molecule has 1 aliphatic rings. The zero-order valence-corrected chi connectivity index (χ0v) is 17.9. The molecular weight excluding hydrogens is 429 g/mol. The van der Waals surface area contributed by atoms with Crippen LogP contribution in [0.4, 0.5) is 15.9 Å². The average molecular weight is 451 g/mol. The van der Waals surface area contributed by atoms with Gasteiger partial charge < -0.3 is 20.5 Å². The van der Waals surface area contributed by atoms with E-state index in [4.69, 9.17) is 0 Å². The van der Waals surface area contributed by atoms with Crippen molar-refractivity contribution in [1.82, 2.24) is 24.6 Å². The van der Waals surface area contributed by atoms with E-state index in [2.05, 4.69) is 30.4 Å². The van der Waals surface area contributed by atoms with E-state index >= 15 is 0 Å². The number of nitrogens with zero attached hydrogens (tertiary/aromatic N) is 4. The fraction of sp³-hybridized carbons (Fsp3) is 0.273. The summed E-state index contributed by atoms with van der Waals surface area (Å²) in [5.41, 5.74) is 0.0735. The van der Waals surface area contributed by atoms with E-state index in [-0.39, 0.29) is 23.3 Å². The third kappa shape index (κ3) is 4.22. The highest BCUT2D eigenvalue weighted by atomic mass is 19.1. The molecule has 1 saturated carbocycles. The summed E-state index contributed by atoms with van der Waals surface area (Å²) in [4.78, 5) is 25.4. The monoisotopic (exact) mass is 451 g/mol. The van der Waals surface area contributed by atoms with Gasteiger partial charge in [-0.1, -0.05) is 6.07 Å². The summed E-state index contributed by atoms with van der Waals surface area (Å²) in [7, 11) is 0. The lowest BCUT2D eigenvalue weighted by molar-refractivity contribution is 0.0783. The number of benzene rings is 1. The number of halogens is 1. The molecule has 5 N–H and O–H groups in total. The van der Waals surface area contributed by atoms with Gasteiger partial charge in [0.1, 0.15) is 17.3 Å². The van der Waals surface area contributed by atoms with Crippen molar-refractivity contribution in [1.29, 1.82) is 0 Å². The van der Waals surface area contributed by atoms with Crippen LogP contribution in [0, 0.1) is 5.82 Å². The minimum absolute atomic E-state index is 0.184. The lowest BCUT2D eigenvalue weighted by Gasteiger charge is -2.18. The van der Waals surface area contributed by atoms with Crippen LogP contribution in [0.2, 0.25) is 0 Å². The first-order chi connectivity index (χ1) is 15.7. The Morgan fingerprint density at radius 2 is 2.09 bits per heavy atom. The van der Waals surface area contributed by atoms with Gasteiger partial charge in [-0.3, -0.25) is 9.98 Å². The number of fused-ring (bicyclic) bond motifs is 1. The quantitative estimate of drug-likeness (QED) is 0.308. The van der Waals surface area contributed by atoms with Crippen LogP contribution in [0.1, 0.15) is 37.9 Å². The molecule has 4 aromatic rings. The number of aromatic amines is 2. The van der Waals surface area contributed by atoms with Gasteiger partial charge in [0.2, 0.25) is 5.88 Å². The van der Waals surface area contributed by atoms with Crippen LogP contribution in [0.15, 0.2) is 40.2 Å². The topological polar surface area (TPSA) is 144 Å². The van der Waals surface area contributed by atoms with Crippen molar-refractivity contribution in [2.45, 2.75) is 38.3 Å². The van der Waals surface area contributed by atoms with Gasteiger partial charge in [0.25, 0.3) is 0 Å². The zero-order valence-electron chi connectivity index (χ0n) is 17.9. The van der Waals surface area contributed by atoms with E-state index in [0.717, 1.165) is 12.8 Å². The Balaban J connectivity index is 1.63. The molecule has 0 saturated heterocycles. The SMILES string of the molecule is CC(C)(O)c1ccc(Nc2cc(=NC3CC3)n3ncc(=Cc4[nH]c(=O)[nH]c4O)c3n2)c(F)c1. The molecule has 3 aromatic heterocycles. The molecule has 1 aromatic carbocycles. The minimum Gasteiger partial charge on any atom is -0.493 e. The van der Waals surface area contributed by atoms with E-state index in [1.165, 1.54) is 18.2 Å². The highest BCUT2D eigenvalue weighted by molar-refractivity contribution is 5.62. The van der Waals surface area contributed by atoms with E-state index in [1.807, 2.05) is 0 Å². The molecule has 170 valence electrons. The summed E-state index contributed by atoms with van der Waals surface area (Å²) < 4.78 is 16.3. The summed E-state index contributed by atoms with van der Waals surface area (Å²) >= 11 is 0. The third-order valence-corrected chi connectivity index (χ3v) is 5.32. The van der Waals surface area contributed by atoms with Crippen LogP contribution in [-0.4, -0.2) is 40.8 Å². The average Bonchev–Trinajstić information content (AvgIpc) is 3.37. The van der Waals surface area contributed by atoms with Crippen molar-refractivity contribution in [2.24, 2.45) is 4.99 Å². The summed E-state index contributed by atoms with van der Waals surface area (Å²) in [5.74, 6) is -0.490. The molecule has 10 nitrogen and oxygen atoms in total. The molecule has 1 fully saturated rings. The van der Waals surface area contributed by atoms with Gasteiger partial charge in [-0.15, -0.1) is 0 Å². The van der Waals surface area contributed by atoms with Crippen molar-refractivity contribution in [3.8, 4) is 5.88 Å². The number of hydrogen-bond acceptors (Lipinski definition) is 7. The highest BCUT2D eigenvalue weighted by Gasteiger charge is 2.21. The lowest BCUT2D eigenvalue weighted by Crippen LogP contribution is -2.20. The molecule has 0 amide bonds. The molecule has 0 unspecified atom stereocenters. The van der Waals surface area contributed by atoms with Gasteiger partial charge in [0.15, 0.2) is 11.1 Å². The van der Waals surface area contributed by atoms with Crippen molar-refractivity contribution < 1.29 is 14.6 Å². The molecular formula is C22H22FN7O3. The number of rotatable bonds is 5. The lowest BCUT2D eigenvalue weighted by atomic mass is 9.98. The smallest absolute Gasteiger partial charge is 0.326 e. The second kappa shape index (κ2) is 7.55. The van der Waals surface area contributed by atoms with Gasteiger partial charge in [0.05, 0.1) is 23.5 Å². The first-order valence-electron chi connectivity index (χ1n) is 10.4. The number of aromatic hydroxyl groups is 1. The summed E-state index contributed by atoms with van der Waals surface area (Å²) in [6, 6.07) is 6.34. The van der Waals surface area contributed by atoms with Gasteiger partial charge >= 0.3 is 5.69 Å². The molecule has 0 atom stereocenters. The molecule has 0 aliphatic heterocycles. The van der Waals surface area contributed by atoms with Gasteiger partial charge in [-0.25, -0.2) is 14.2 Å². The number of aliphatic hydroxyl groups is 1. The van der Waals surface area contributed by atoms with Crippen molar-refractivity contribution >= 4 is 23.2 Å². The zero-order chi connectivity index (χ0) is 23.3. The first kappa shape index (κ1) is 20.9. The highest BCUT2D eigenvalue weighted by Crippen LogP contribution is 2.26. The predicted molar refractivity (Wildman–Crippen MR) is 118 cm³/mol. The number of imidazole rings is 1. The Hall–Kier alpha value is -3.99. The fourth-order valence-electron chi connectivity index (χ4n) is 3.40. The molecule has 11 heteroatoms. The van der Waals surface area contributed by atoms with Crippen LogP contribution in [-0.2, 0) is 5.60 Å². The summed E-state index contributed by atoms with van der Waals surface area (Å²) in [6.07, 6.45) is 5.05. The largest absolute Gasteiger partial charge is 0.493 e. The Morgan fingerprint density at radius 3 is 2.73 bits per heavy atom. The minimum atomic E-state index is -1.17. The van der Waals surface area contributed by atoms with Crippen LogP contribution in [0.3, 0.4) is 0 Å². The molecule has 0 spiro atoms. The fourth-order valence-corrected chi connectivity index (χ4v) is 3.40. The molecule has 0 bridgehead atoms. The maximum Gasteiger partial charge on any atom is 0.326 e.